The van der Waals surface area contributed by atoms with Gasteiger partial charge in [0, 0.05) is 28.5 Å². The standard InChI is InChI=1S/C19H16FN3O2S2/c1-12(24)21-14-8-6-13(7-9-14)16-10-27-19(22-16)23-18(25)11-26-17-5-3-2-4-15(17)20/h2-10H,11H2,1H3,(H,21,24)(H,22,23,25). The smallest absolute Gasteiger partial charge is 0.236 e. The van der Waals surface area contributed by atoms with Crippen molar-refractivity contribution in [3.63, 3.8) is 0 Å². The highest BCUT2D eigenvalue weighted by atomic mass is 32.2. The number of amides is 2. The lowest BCUT2D eigenvalue weighted by molar-refractivity contribution is -0.114. The number of carbonyl (C=O) groups excluding carboxylic acids is 2. The molecule has 1 aromatic heterocycles. The molecule has 0 aliphatic carbocycles. The minimum Gasteiger partial charge on any atom is -0.326 e. The van der Waals surface area contributed by atoms with Crippen LogP contribution in [0.2, 0.25) is 0 Å². The van der Waals surface area contributed by atoms with Crippen molar-refractivity contribution in [2.45, 2.75) is 11.8 Å². The first-order valence-corrected chi connectivity index (χ1v) is 9.88. The normalized spacial score (nSPS) is 10.4. The van der Waals surface area contributed by atoms with E-state index in [4.69, 9.17) is 0 Å². The number of thiazole rings is 1. The fraction of sp³-hybridized carbons (Fsp3) is 0.105. The molecule has 0 atom stereocenters. The van der Waals surface area contributed by atoms with Gasteiger partial charge in [0.15, 0.2) is 5.13 Å². The van der Waals surface area contributed by atoms with Gasteiger partial charge in [0.25, 0.3) is 0 Å². The van der Waals surface area contributed by atoms with Crippen molar-refractivity contribution in [1.29, 1.82) is 0 Å². The molecule has 0 unspecified atom stereocenters. The molecular formula is C19H16FN3O2S2. The summed E-state index contributed by atoms with van der Waals surface area (Å²) in [5.41, 5.74) is 2.31. The van der Waals surface area contributed by atoms with Crippen LogP contribution < -0.4 is 10.6 Å². The minimum atomic E-state index is -0.338. The summed E-state index contributed by atoms with van der Waals surface area (Å²) in [5.74, 6) is -0.615. The van der Waals surface area contributed by atoms with Crippen LogP contribution in [-0.4, -0.2) is 22.6 Å². The Kier molecular flexibility index (Phi) is 6.20. The molecule has 2 amide bonds. The number of aromatic nitrogens is 1. The van der Waals surface area contributed by atoms with Crippen molar-refractivity contribution in [2.24, 2.45) is 0 Å². The Balaban J connectivity index is 1.58. The summed E-state index contributed by atoms with van der Waals surface area (Å²) in [6, 6.07) is 13.6. The van der Waals surface area contributed by atoms with Crippen LogP contribution in [0.4, 0.5) is 15.2 Å². The minimum absolute atomic E-state index is 0.0985. The molecule has 0 saturated carbocycles. The fourth-order valence-corrected chi connectivity index (χ4v) is 3.73. The van der Waals surface area contributed by atoms with Crippen LogP contribution in [0.1, 0.15) is 6.92 Å². The monoisotopic (exact) mass is 401 g/mol. The van der Waals surface area contributed by atoms with E-state index in [0.717, 1.165) is 23.0 Å². The molecule has 0 bridgehead atoms. The van der Waals surface area contributed by atoms with E-state index in [2.05, 4.69) is 15.6 Å². The summed E-state index contributed by atoms with van der Waals surface area (Å²) >= 11 is 2.46. The van der Waals surface area contributed by atoms with Crippen molar-refractivity contribution in [1.82, 2.24) is 4.98 Å². The Morgan fingerprint density at radius 3 is 2.56 bits per heavy atom. The maximum atomic E-state index is 13.6. The first kappa shape index (κ1) is 19.1. The van der Waals surface area contributed by atoms with E-state index in [9.17, 15) is 14.0 Å². The summed E-state index contributed by atoms with van der Waals surface area (Å²) in [6.07, 6.45) is 0. The molecule has 0 fully saturated rings. The summed E-state index contributed by atoms with van der Waals surface area (Å²) in [7, 11) is 0. The van der Waals surface area contributed by atoms with Crippen molar-refractivity contribution in [3.05, 3.63) is 59.7 Å². The second-order valence-electron chi connectivity index (χ2n) is 5.56. The molecule has 8 heteroatoms. The van der Waals surface area contributed by atoms with Gasteiger partial charge in [0.1, 0.15) is 5.82 Å². The lowest BCUT2D eigenvalue weighted by Gasteiger charge is -2.04. The third-order valence-electron chi connectivity index (χ3n) is 3.45. The summed E-state index contributed by atoms with van der Waals surface area (Å²) in [4.78, 5) is 28.0. The third-order valence-corrected chi connectivity index (χ3v) is 5.25. The average molecular weight is 401 g/mol. The van der Waals surface area contributed by atoms with Gasteiger partial charge in [-0.25, -0.2) is 9.37 Å². The summed E-state index contributed by atoms with van der Waals surface area (Å²) < 4.78 is 13.6. The predicted octanol–water partition coefficient (Wildman–Crippen LogP) is 4.64. The maximum Gasteiger partial charge on any atom is 0.236 e. The Bertz CT molecular complexity index is 958. The SMILES string of the molecule is CC(=O)Nc1ccc(-c2csc(NC(=O)CSc3ccccc3F)n2)cc1. The maximum absolute atomic E-state index is 13.6. The van der Waals surface area contributed by atoms with E-state index in [1.807, 2.05) is 17.5 Å². The molecule has 0 radical (unpaired) electrons. The molecule has 2 aromatic carbocycles. The number of hydrogen-bond acceptors (Lipinski definition) is 5. The number of rotatable bonds is 6. The molecule has 1 heterocycles. The zero-order valence-electron chi connectivity index (χ0n) is 14.4. The number of carbonyl (C=O) groups is 2. The molecule has 3 rings (SSSR count). The quantitative estimate of drug-likeness (QED) is 0.591. The van der Waals surface area contributed by atoms with E-state index < -0.39 is 0 Å². The van der Waals surface area contributed by atoms with E-state index in [0.29, 0.717) is 15.7 Å². The lowest BCUT2D eigenvalue weighted by Crippen LogP contribution is -2.13. The van der Waals surface area contributed by atoms with Crippen molar-refractivity contribution >= 4 is 45.7 Å². The second kappa shape index (κ2) is 8.79. The molecule has 5 nitrogen and oxygen atoms in total. The largest absolute Gasteiger partial charge is 0.326 e. The highest BCUT2D eigenvalue weighted by Crippen LogP contribution is 2.27. The van der Waals surface area contributed by atoms with E-state index in [1.54, 1.807) is 30.3 Å². The number of thioether (sulfide) groups is 1. The van der Waals surface area contributed by atoms with Crippen molar-refractivity contribution in [2.75, 3.05) is 16.4 Å². The number of nitrogens with zero attached hydrogens (tertiary/aromatic N) is 1. The van der Waals surface area contributed by atoms with Crippen molar-refractivity contribution < 1.29 is 14.0 Å². The van der Waals surface area contributed by atoms with E-state index in [-0.39, 0.29) is 23.4 Å². The van der Waals surface area contributed by atoms with Gasteiger partial charge in [-0.1, -0.05) is 24.3 Å². The Hall–Kier alpha value is -2.71. The van der Waals surface area contributed by atoms with Gasteiger partial charge >= 0.3 is 0 Å². The first-order valence-electron chi connectivity index (χ1n) is 8.02. The zero-order chi connectivity index (χ0) is 19.2. The number of benzene rings is 2. The molecular weight excluding hydrogens is 385 g/mol. The molecule has 27 heavy (non-hydrogen) atoms. The summed E-state index contributed by atoms with van der Waals surface area (Å²) in [5, 5.41) is 7.75. The lowest BCUT2D eigenvalue weighted by atomic mass is 10.1. The van der Waals surface area contributed by atoms with Gasteiger partial charge in [0.2, 0.25) is 11.8 Å². The number of hydrogen-bond donors (Lipinski definition) is 2. The van der Waals surface area contributed by atoms with Gasteiger partial charge in [-0.05, 0) is 24.3 Å². The van der Waals surface area contributed by atoms with E-state index >= 15 is 0 Å². The first-order chi connectivity index (χ1) is 13.0. The van der Waals surface area contributed by atoms with Gasteiger partial charge in [-0.3, -0.25) is 9.59 Å². The average Bonchev–Trinajstić information content (AvgIpc) is 3.09. The van der Waals surface area contributed by atoms with Crippen molar-refractivity contribution in [3.8, 4) is 11.3 Å². The molecule has 0 aliphatic heterocycles. The van der Waals surface area contributed by atoms with E-state index in [1.165, 1.54) is 24.3 Å². The molecule has 2 N–H and O–H groups in total. The van der Waals surface area contributed by atoms with Crippen LogP contribution in [0.25, 0.3) is 11.3 Å². The predicted molar refractivity (Wildman–Crippen MR) is 108 cm³/mol. The highest BCUT2D eigenvalue weighted by Gasteiger charge is 2.10. The summed E-state index contributed by atoms with van der Waals surface area (Å²) in [6.45, 7) is 1.45. The van der Waals surface area contributed by atoms with Crippen LogP contribution in [0.3, 0.4) is 0 Å². The van der Waals surface area contributed by atoms with Crippen LogP contribution in [-0.2, 0) is 9.59 Å². The van der Waals surface area contributed by atoms with Gasteiger partial charge in [-0.2, -0.15) is 0 Å². The van der Waals surface area contributed by atoms with Crippen LogP contribution >= 0.6 is 23.1 Å². The Morgan fingerprint density at radius 1 is 1.11 bits per heavy atom. The Morgan fingerprint density at radius 2 is 1.85 bits per heavy atom. The van der Waals surface area contributed by atoms with Gasteiger partial charge in [0.05, 0.1) is 11.4 Å². The Labute approximate surface area is 164 Å². The van der Waals surface area contributed by atoms with Gasteiger partial charge < -0.3 is 10.6 Å². The van der Waals surface area contributed by atoms with Gasteiger partial charge in [-0.15, -0.1) is 23.1 Å². The fourth-order valence-electron chi connectivity index (χ4n) is 2.25. The number of halogens is 1. The van der Waals surface area contributed by atoms with Crippen LogP contribution in [0, 0.1) is 5.82 Å². The molecule has 0 saturated heterocycles. The highest BCUT2D eigenvalue weighted by molar-refractivity contribution is 8.00. The molecule has 3 aromatic rings. The topological polar surface area (TPSA) is 71.1 Å². The third kappa shape index (κ3) is 5.38. The number of anilines is 2. The number of nitrogens with one attached hydrogen (secondary N) is 2. The molecule has 0 aliphatic rings. The second-order valence-corrected chi connectivity index (χ2v) is 7.44. The van der Waals surface area contributed by atoms with Crippen LogP contribution in [0.5, 0.6) is 0 Å². The molecule has 138 valence electrons. The van der Waals surface area contributed by atoms with Crippen LogP contribution in [0.15, 0.2) is 58.8 Å². The molecule has 0 spiro atoms. The zero-order valence-corrected chi connectivity index (χ0v) is 16.0.